The molecule has 0 radical (unpaired) electrons. The smallest absolute Gasteiger partial charge is 0.175 e. The molecule has 0 saturated carbocycles. The second kappa shape index (κ2) is 5.69. The lowest BCUT2D eigenvalue weighted by Gasteiger charge is -2.11. The second-order valence-corrected chi connectivity index (χ2v) is 6.63. The molecule has 7 heteroatoms. The quantitative estimate of drug-likeness (QED) is 0.851. The van der Waals surface area contributed by atoms with E-state index in [1.807, 2.05) is 0 Å². The fraction of sp³-hybridized carbons (Fsp3) is 0.143. The molecule has 0 bridgehead atoms. The van der Waals surface area contributed by atoms with Gasteiger partial charge in [0.1, 0.15) is 11.6 Å². The SMILES string of the molecule is CS(=O)(=O)c1ccc(NCc2cc(F)ccc2F)c(N)c1. The van der Waals surface area contributed by atoms with Crippen LogP contribution in [0.25, 0.3) is 0 Å². The summed E-state index contributed by atoms with van der Waals surface area (Å²) in [5.41, 5.74) is 6.58. The summed E-state index contributed by atoms with van der Waals surface area (Å²) in [5.74, 6) is -1.07. The largest absolute Gasteiger partial charge is 0.397 e. The number of hydrogen-bond acceptors (Lipinski definition) is 4. The Balaban J connectivity index is 2.19. The molecule has 0 aliphatic rings. The molecule has 0 heterocycles. The van der Waals surface area contributed by atoms with E-state index in [1.165, 1.54) is 18.2 Å². The van der Waals surface area contributed by atoms with Gasteiger partial charge in [0, 0.05) is 18.4 Å². The van der Waals surface area contributed by atoms with Gasteiger partial charge < -0.3 is 11.1 Å². The number of nitrogens with one attached hydrogen (secondary N) is 1. The Morgan fingerprint density at radius 2 is 1.86 bits per heavy atom. The fourth-order valence-corrected chi connectivity index (χ4v) is 2.46. The maximum absolute atomic E-state index is 13.5. The van der Waals surface area contributed by atoms with Gasteiger partial charge in [0.05, 0.1) is 16.3 Å². The first-order chi connectivity index (χ1) is 9.77. The first-order valence-corrected chi connectivity index (χ1v) is 7.94. The minimum atomic E-state index is -3.34. The summed E-state index contributed by atoms with van der Waals surface area (Å²) in [5, 5.41) is 2.85. The van der Waals surface area contributed by atoms with E-state index in [1.54, 1.807) is 0 Å². The first kappa shape index (κ1) is 15.2. The van der Waals surface area contributed by atoms with Crippen LogP contribution < -0.4 is 11.1 Å². The number of benzene rings is 2. The average molecular weight is 312 g/mol. The molecule has 0 unspecified atom stereocenters. The molecule has 2 aromatic carbocycles. The van der Waals surface area contributed by atoms with Crippen molar-refractivity contribution in [2.45, 2.75) is 11.4 Å². The highest BCUT2D eigenvalue weighted by Crippen LogP contribution is 2.23. The summed E-state index contributed by atoms with van der Waals surface area (Å²) in [6, 6.07) is 7.37. The van der Waals surface area contributed by atoms with Crippen molar-refractivity contribution in [2.75, 3.05) is 17.3 Å². The first-order valence-electron chi connectivity index (χ1n) is 6.05. The predicted molar refractivity (Wildman–Crippen MR) is 77.6 cm³/mol. The van der Waals surface area contributed by atoms with Crippen molar-refractivity contribution in [3.63, 3.8) is 0 Å². The van der Waals surface area contributed by atoms with Crippen LogP contribution in [0.5, 0.6) is 0 Å². The monoisotopic (exact) mass is 312 g/mol. The van der Waals surface area contributed by atoms with Crippen molar-refractivity contribution in [1.82, 2.24) is 0 Å². The number of sulfone groups is 1. The zero-order valence-corrected chi connectivity index (χ0v) is 12.0. The molecule has 0 aliphatic heterocycles. The van der Waals surface area contributed by atoms with E-state index in [4.69, 9.17) is 5.73 Å². The highest BCUT2D eigenvalue weighted by Gasteiger charge is 2.10. The fourth-order valence-electron chi connectivity index (χ4n) is 1.80. The van der Waals surface area contributed by atoms with Crippen LogP contribution in [-0.2, 0) is 16.4 Å². The van der Waals surface area contributed by atoms with E-state index < -0.39 is 21.5 Å². The third kappa shape index (κ3) is 3.69. The highest BCUT2D eigenvalue weighted by molar-refractivity contribution is 7.90. The number of nitrogen functional groups attached to an aromatic ring is 1. The molecule has 3 N–H and O–H groups in total. The molecule has 21 heavy (non-hydrogen) atoms. The summed E-state index contributed by atoms with van der Waals surface area (Å²) < 4.78 is 49.3. The maximum Gasteiger partial charge on any atom is 0.175 e. The summed E-state index contributed by atoms with van der Waals surface area (Å²) in [6.45, 7) is 0.0337. The van der Waals surface area contributed by atoms with E-state index in [-0.39, 0.29) is 22.7 Å². The molecular weight excluding hydrogens is 298 g/mol. The van der Waals surface area contributed by atoms with Gasteiger partial charge in [-0.05, 0) is 36.4 Å². The minimum Gasteiger partial charge on any atom is -0.397 e. The molecule has 112 valence electrons. The second-order valence-electron chi connectivity index (χ2n) is 4.61. The molecule has 2 rings (SSSR count). The van der Waals surface area contributed by atoms with Crippen LogP contribution in [0.1, 0.15) is 5.56 Å². The van der Waals surface area contributed by atoms with Gasteiger partial charge >= 0.3 is 0 Å². The predicted octanol–water partition coefficient (Wildman–Crippen LogP) is 2.56. The Hall–Kier alpha value is -2.15. The zero-order chi connectivity index (χ0) is 15.6. The lowest BCUT2D eigenvalue weighted by Crippen LogP contribution is -2.06. The van der Waals surface area contributed by atoms with Crippen molar-refractivity contribution in [2.24, 2.45) is 0 Å². The molecule has 0 amide bonds. The third-order valence-corrected chi connectivity index (χ3v) is 4.04. The lowest BCUT2D eigenvalue weighted by atomic mass is 10.2. The van der Waals surface area contributed by atoms with E-state index in [0.29, 0.717) is 5.69 Å². The normalized spacial score (nSPS) is 11.4. The standard InChI is InChI=1S/C14H14F2N2O2S/c1-21(19,20)11-3-5-14(13(17)7-11)18-8-9-6-10(15)2-4-12(9)16/h2-7,18H,8,17H2,1H3. The van der Waals surface area contributed by atoms with Crippen LogP contribution in [0, 0.1) is 11.6 Å². The molecule has 0 fully saturated rings. The molecule has 0 atom stereocenters. The van der Waals surface area contributed by atoms with Crippen molar-refractivity contribution in [1.29, 1.82) is 0 Å². The molecule has 0 aliphatic carbocycles. The van der Waals surface area contributed by atoms with E-state index in [0.717, 1.165) is 24.5 Å². The van der Waals surface area contributed by atoms with E-state index in [9.17, 15) is 17.2 Å². The molecule has 4 nitrogen and oxygen atoms in total. The minimum absolute atomic E-state index is 0.0337. The molecule has 0 aromatic heterocycles. The summed E-state index contributed by atoms with van der Waals surface area (Å²) in [6.07, 6.45) is 1.08. The number of nitrogens with two attached hydrogens (primary N) is 1. The zero-order valence-electron chi connectivity index (χ0n) is 11.2. The van der Waals surface area contributed by atoms with Gasteiger partial charge in [0.25, 0.3) is 0 Å². The van der Waals surface area contributed by atoms with Crippen molar-refractivity contribution in [3.8, 4) is 0 Å². The van der Waals surface area contributed by atoms with Gasteiger partial charge in [0.2, 0.25) is 0 Å². The topological polar surface area (TPSA) is 72.2 Å². The lowest BCUT2D eigenvalue weighted by molar-refractivity contribution is 0.587. The van der Waals surface area contributed by atoms with Gasteiger partial charge in [-0.15, -0.1) is 0 Å². The Bertz CT molecular complexity index is 777. The van der Waals surface area contributed by atoms with Crippen LogP contribution in [0.2, 0.25) is 0 Å². The van der Waals surface area contributed by atoms with Crippen LogP contribution in [0.3, 0.4) is 0 Å². The van der Waals surface area contributed by atoms with Crippen LogP contribution in [0.4, 0.5) is 20.2 Å². The van der Waals surface area contributed by atoms with Crippen molar-refractivity contribution in [3.05, 3.63) is 53.6 Å². The molecular formula is C14H14F2N2O2S. The average Bonchev–Trinajstić information content (AvgIpc) is 2.40. The van der Waals surface area contributed by atoms with Gasteiger partial charge in [-0.1, -0.05) is 0 Å². The molecule has 0 saturated heterocycles. The van der Waals surface area contributed by atoms with E-state index in [2.05, 4.69) is 5.32 Å². The number of hydrogen-bond donors (Lipinski definition) is 2. The summed E-state index contributed by atoms with van der Waals surface area (Å²) in [7, 11) is -3.34. The van der Waals surface area contributed by atoms with Crippen LogP contribution in [0.15, 0.2) is 41.3 Å². The van der Waals surface area contributed by atoms with E-state index >= 15 is 0 Å². The van der Waals surface area contributed by atoms with Gasteiger partial charge in [-0.25, -0.2) is 17.2 Å². The Kier molecular flexibility index (Phi) is 4.13. The summed E-state index contributed by atoms with van der Waals surface area (Å²) in [4.78, 5) is 0.0995. The highest BCUT2D eigenvalue weighted by atomic mass is 32.2. The Morgan fingerprint density at radius 3 is 2.48 bits per heavy atom. The van der Waals surface area contributed by atoms with Crippen LogP contribution >= 0.6 is 0 Å². The maximum atomic E-state index is 13.5. The molecule has 2 aromatic rings. The number of anilines is 2. The molecule has 0 spiro atoms. The van der Waals surface area contributed by atoms with Gasteiger partial charge in [-0.2, -0.15) is 0 Å². The van der Waals surface area contributed by atoms with Gasteiger partial charge in [0.15, 0.2) is 9.84 Å². The van der Waals surface area contributed by atoms with Crippen molar-refractivity contribution >= 4 is 21.2 Å². The Morgan fingerprint density at radius 1 is 1.14 bits per heavy atom. The number of halogens is 2. The van der Waals surface area contributed by atoms with Crippen LogP contribution in [-0.4, -0.2) is 14.7 Å². The Labute approximate surface area is 121 Å². The third-order valence-electron chi connectivity index (χ3n) is 2.93. The number of rotatable bonds is 4. The van der Waals surface area contributed by atoms with Gasteiger partial charge in [-0.3, -0.25) is 0 Å². The van der Waals surface area contributed by atoms with Crippen molar-refractivity contribution < 1.29 is 17.2 Å². The summed E-state index contributed by atoms with van der Waals surface area (Å²) >= 11 is 0.